The third-order valence-corrected chi connectivity index (χ3v) is 10.1. The molecule has 37 heavy (non-hydrogen) atoms. The van der Waals surface area contributed by atoms with Gasteiger partial charge in [0.25, 0.3) is 0 Å². The van der Waals surface area contributed by atoms with Crippen molar-refractivity contribution in [3.63, 3.8) is 0 Å². The van der Waals surface area contributed by atoms with Crippen LogP contribution in [-0.4, -0.2) is 40.7 Å². The number of alkyl halides is 1. The molecular formula is C30H27BrN2O3S. The number of rotatable bonds is 6. The van der Waals surface area contributed by atoms with Gasteiger partial charge in [-0.15, -0.1) is 0 Å². The van der Waals surface area contributed by atoms with Crippen LogP contribution in [0.25, 0.3) is 0 Å². The Bertz CT molecular complexity index is 1370. The van der Waals surface area contributed by atoms with Crippen LogP contribution < -0.4 is 5.32 Å². The summed E-state index contributed by atoms with van der Waals surface area (Å²) in [6.45, 7) is 1.98. The van der Waals surface area contributed by atoms with Gasteiger partial charge in [-0.25, -0.2) is 0 Å². The van der Waals surface area contributed by atoms with E-state index in [1.807, 2.05) is 61.7 Å². The second kappa shape index (κ2) is 9.14. The number of amides is 3. The molecule has 7 heteroatoms. The van der Waals surface area contributed by atoms with Crippen molar-refractivity contribution < 1.29 is 14.4 Å². The smallest absolute Gasteiger partial charge is 0.247 e. The molecule has 1 fully saturated rings. The molecule has 7 rings (SSSR count). The fraction of sp³-hybridized carbons (Fsp3) is 0.300. The maximum Gasteiger partial charge on any atom is 0.247 e. The van der Waals surface area contributed by atoms with Gasteiger partial charge in [-0.3, -0.25) is 19.3 Å². The Kier molecular flexibility index (Phi) is 6.03. The third kappa shape index (κ3) is 3.54. The van der Waals surface area contributed by atoms with E-state index in [0.717, 1.165) is 27.8 Å². The first-order valence-electron chi connectivity index (χ1n) is 12.5. The maximum atomic E-state index is 14.3. The molecule has 2 bridgehead atoms. The van der Waals surface area contributed by atoms with Crippen molar-refractivity contribution in [2.45, 2.75) is 29.6 Å². The van der Waals surface area contributed by atoms with Gasteiger partial charge in [0.15, 0.2) is 0 Å². The molecule has 3 aromatic rings. The van der Waals surface area contributed by atoms with Gasteiger partial charge in [-0.05, 0) is 59.7 Å². The van der Waals surface area contributed by atoms with Gasteiger partial charge in [0.2, 0.25) is 17.7 Å². The lowest BCUT2D eigenvalue weighted by molar-refractivity contribution is -0.146. The van der Waals surface area contributed by atoms with Crippen LogP contribution in [0.15, 0.2) is 72.8 Å². The van der Waals surface area contributed by atoms with Crippen molar-refractivity contribution in [3.8, 4) is 0 Å². The number of anilines is 1. The summed E-state index contributed by atoms with van der Waals surface area (Å²) < 4.78 is -0.821. The van der Waals surface area contributed by atoms with Crippen molar-refractivity contribution in [2.24, 2.45) is 11.8 Å². The minimum Gasteiger partial charge on any atom is -0.324 e. The highest BCUT2D eigenvalue weighted by Crippen LogP contribution is 2.66. The molecule has 1 N–H and O–H groups in total. The van der Waals surface area contributed by atoms with Crippen molar-refractivity contribution in [3.05, 3.63) is 101 Å². The summed E-state index contributed by atoms with van der Waals surface area (Å²) in [5.41, 5.74) is 5.96. The molecule has 4 aliphatic rings. The second-order valence-electron chi connectivity index (χ2n) is 10.1. The Morgan fingerprint density at radius 2 is 1.57 bits per heavy atom. The zero-order chi connectivity index (χ0) is 25.9. The number of likely N-dealkylation sites (tertiary alicyclic amines) is 1. The van der Waals surface area contributed by atoms with Crippen LogP contribution in [0.1, 0.15) is 40.2 Å². The number of hydrogen-bond donors (Lipinski definition) is 1. The number of carbonyl (C=O) groups excluding carboxylic acids is 3. The van der Waals surface area contributed by atoms with E-state index in [-0.39, 0.29) is 23.6 Å². The summed E-state index contributed by atoms with van der Waals surface area (Å²) in [7, 11) is 0. The van der Waals surface area contributed by atoms with Gasteiger partial charge in [0, 0.05) is 11.6 Å². The number of nitrogens with zero attached hydrogens (tertiary/aromatic N) is 1. The summed E-state index contributed by atoms with van der Waals surface area (Å²) in [5, 5.41) is 2.95. The van der Waals surface area contributed by atoms with E-state index in [1.54, 1.807) is 11.8 Å². The van der Waals surface area contributed by atoms with Crippen LogP contribution in [0.4, 0.5) is 5.69 Å². The molecule has 0 aromatic heterocycles. The van der Waals surface area contributed by atoms with Crippen LogP contribution >= 0.6 is 27.7 Å². The van der Waals surface area contributed by atoms with E-state index in [1.165, 1.54) is 4.90 Å². The van der Waals surface area contributed by atoms with E-state index in [0.29, 0.717) is 17.9 Å². The first-order valence-corrected chi connectivity index (χ1v) is 14.7. The molecule has 0 saturated carbocycles. The molecular weight excluding hydrogens is 548 g/mol. The van der Waals surface area contributed by atoms with E-state index >= 15 is 0 Å². The molecule has 3 atom stereocenters. The molecule has 3 amide bonds. The van der Waals surface area contributed by atoms with Crippen molar-refractivity contribution in [1.82, 2.24) is 4.90 Å². The Morgan fingerprint density at radius 1 is 0.973 bits per heavy atom. The Hall–Kier alpha value is -2.90. The molecule has 0 radical (unpaired) electrons. The Balaban J connectivity index is 1.43. The number of imide groups is 1. The largest absolute Gasteiger partial charge is 0.324 e. The third-order valence-electron chi connectivity index (χ3n) is 8.08. The fourth-order valence-corrected chi connectivity index (χ4v) is 8.14. The van der Waals surface area contributed by atoms with Gasteiger partial charge >= 0.3 is 0 Å². The lowest BCUT2D eigenvalue weighted by atomic mass is 9.55. The predicted molar refractivity (Wildman–Crippen MR) is 150 cm³/mol. The van der Waals surface area contributed by atoms with E-state index in [9.17, 15) is 14.4 Å². The fourth-order valence-electron chi connectivity index (χ4n) is 6.48. The first-order chi connectivity index (χ1) is 17.9. The van der Waals surface area contributed by atoms with Gasteiger partial charge in [-0.1, -0.05) is 82.2 Å². The van der Waals surface area contributed by atoms with E-state index in [4.69, 9.17) is 0 Å². The molecule has 5 nitrogen and oxygen atoms in total. The quantitative estimate of drug-likeness (QED) is 0.314. The topological polar surface area (TPSA) is 66.5 Å². The van der Waals surface area contributed by atoms with Gasteiger partial charge in [-0.2, -0.15) is 11.8 Å². The Labute approximate surface area is 229 Å². The number of carbonyl (C=O) groups is 3. The molecule has 0 spiro atoms. The minimum atomic E-state index is -0.874. The first kappa shape index (κ1) is 24.4. The Morgan fingerprint density at radius 3 is 2.16 bits per heavy atom. The normalized spacial score (nSPS) is 25.9. The number of hydrogen-bond acceptors (Lipinski definition) is 4. The standard InChI is InChI=1S/C30H27BrN2O3S/c1-17-11-13-18(14-12-17)32-27(34)23(15-16-37-2)33-28(35)25-24-19-7-3-5-9-21(19)30(31,26(25)29(33)36)22-10-6-4-8-20(22)24/h3-14,23-26H,15-16H2,1-2H3,(H,32,34)/t23-,24?,25+,26+,30?/m1/s1. The summed E-state index contributed by atoms with van der Waals surface area (Å²) in [5.74, 6) is -1.59. The average molecular weight is 576 g/mol. The highest BCUT2D eigenvalue weighted by Gasteiger charge is 2.68. The number of thioether (sulfide) groups is 1. The SMILES string of the molecule is CSCC[C@H](C(=O)Nc1ccc(C)cc1)N1C(=O)[C@@H]2[C@@H](C1=O)C1c3ccccc3C2(Br)c2ccccc21. The van der Waals surface area contributed by atoms with Crippen molar-refractivity contribution in [2.75, 3.05) is 17.3 Å². The maximum absolute atomic E-state index is 14.3. The number of nitrogens with one attached hydrogen (secondary N) is 1. The van der Waals surface area contributed by atoms with Gasteiger partial charge in [0.05, 0.1) is 16.2 Å². The summed E-state index contributed by atoms with van der Waals surface area (Å²) >= 11 is 5.62. The number of halogens is 1. The van der Waals surface area contributed by atoms with E-state index in [2.05, 4.69) is 45.5 Å². The van der Waals surface area contributed by atoms with Crippen LogP contribution in [0.5, 0.6) is 0 Å². The summed E-state index contributed by atoms with van der Waals surface area (Å²) in [6, 6.07) is 22.8. The zero-order valence-electron chi connectivity index (χ0n) is 20.6. The minimum absolute atomic E-state index is 0.223. The highest BCUT2D eigenvalue weighted by atomic mass is 79.9. The average Bonchev–Trinajstić information content (AvgIpc) is 3.17. The monoisotopic (exact) mass is 574 g/mol. The van der Waals surface area contributed by atoms with Crippen LogP contribution in [0, 0.1) is 18.8 Å². The summed E-state index contributed by atoms with van der Waals surface area (Å²) in [6.07, 6.45) is 2.36. The molecule has 188 valence electrons. The number of aryl methyl sites for hydroxylation is 1. The molecule has 0 unspecified atom stereocenters. The molecule has 1 aliphatic heterocycles. The van der Waals surface area contributed by atoms with Crippen LogP contribution in [-0.2, 0) is 18.7 Å². The van der Waals surface area contributed by atoms with Gasteiger partial charge < -0.3 is 5.32 Å². The van der Waals surface area contributed by atoms with Crippen molar-refractivity contribution in [1.29, 1.82) is 0 Å². The lowest BCUT2D eigenvalue weighted by Gasteiger charge is -2.51. The highest BCUT2D eigenvalue weighted by molar-refractivity contribution is 9.09. The summed E-state index contributed by atoms with van der Waals surface area (Å²) in [4.78, 5) is 43.4. The number of benzene rings is 3. The zero-order valence-corrected chi connectivity index (χ0v) is 23.0. The molecule has 3 aromatic carbocycles. The molecule has 1 saturated heterocycles. The second-order valence-corrected chi connectivity index (χ2v) is 12.3. The van der Waals surface area contributed by atoms with Crippen molar-refractivity contribution >= 4 is 51.1 Å². The lowest BCUT2D eigenvalue weighted by Crippen LogP contribution is -2.50. The molecule has 3 aliphatic carbocycles. The van der Waals surface area contributed by atoms with E-state index < -0.39 is 22.2 Å². The van der Waals surface area contributed by atoms with Crippen LogP contribution in [0.2, 0.25) is 0 Å². The molecule has 1 heterocycles. The predicted octanol–water partition coefficient (Wildman–Crippen LogP) is 5.45. The van der Waals surface area contributed by atoms with Crippen LogP contribution in [0.3, 0.4) is 0 Å². The van der Waals surface area contributed by atoms with Gasteiger partial charge in [0.1, 0.15) is 6.04 Å².